The average Bonchev–Trinajstić information content (AvgIpc) is 2.83. The minimum absolute atomic E-state index is 0.0421. The van der Waals surface area contributed by atoms with Gasteiger partial charge in [-0.3, -0.25) is 4.79 Å². The van der Waals surface area contributed by atoms with E-state index in [1.54, 1.807) is 36.6 Å². The van der Waals surface area contributed by atoms with Gasteiger partial charge in [0.05, 0.1) is 12.7 Å². The zero-order chi connectivity index (χ0) is 16.3. The Morgan fingerprint density at radius 1 is 1.18 bits per heavy atom. The maximum absolute atomic E-state index is 12.1. The van der Waals surface area contributed by atoms with E-state index in [2.05, 4.69) is 0 Å². The van der Waals surface area contributed by atoms with Crippen molar-refractivity contribution in [2.45, 2.75) is 27.4 Å². The first-order valence-corrected chi connectivity index (χ1v) is 7.66. The summed E-state index contributed by atoms with van der Waals surface area (Å²) >= 11 is 1.56. The predicted octanol–water partition coefficient (Wildman–Crippen LogP) is 3.93. The largest absolute Gasteiger partial charge is 0.496 e. The Morgan fingerprint density at radius 2 is 1.91 bits per heavy atom. The van der Waals surface area contributed by atoms with Gasteiger partial charge < -0.3 is 9.47 Å². The van der Waals surface area contributed by atoms with Crippen LogP contribution in [0.25, 0.3) is 0 Å². The van der Waals surface area contributed by atoms with Crippen molar-refractivity contribution >= 4 is 23.1 Å². The Bertz CT molecular complexity index is 715. The van der Waals surface area contributed by atoms with Crippen LogP contribution in [0.2, 0.25) is 0 Å². The zero-order valence-corrected chi connectivity index (χ0v) is 13.9. The summed E-state index contributed by atoms with van der Waals surface area (Å²) in [6.45, 7) is 5.41. The molecule has 2 rings (SSSR count). The highest BCUT2D eigenvalue weighted by Crippen LogP contribution is 2.24. The van der Waals surface area contributed by atoms with Crippen LogP contribution in [-0.2, 0) is 11.3 Å². The van der Waals surface area contributed by atoms with Gasteiger partial charge >= 0.3 is 5.97 Å². The number of thiophene rings is 1. The van der Waals surface area contributed by atoms with E-state index >= 15 is 0 Å². The van der Waals surface area contributed by atoms with Crippen molar-refractivity contribution < 1.29 is 19.1 Å². The van der Waals surface area contributed by atoms with Gasteiger partial charge in [-0.1, -0.05) is 0 Å². The molecule has 0 bridgehead atoms. The Morgan fingerprint density at radius 3 is 2.45 bits per heavy atom. The highest BCUT2D eigenvalue weighted by Gasteiger charge is 2.15. The fraction of sp³-hybridized carbons (Fsp3) is 0.294. The lowest BCUT2D eigenvalue weighted by Gasteiger charge is -2.10. The van der Waals surface area contributed by atoms with Gasteiger partial charge in [-0.15, -0.1) is 11.3 Å². The number of esters is 1. The van der Waals surface area contributed by atoms with E-state index in [1.807, 2.05) is 19.9 Å². The Labute approximate surface area is 133 Å². The molecule has 0 radical (unpaired) electrons. The van der Waals surface area contributed by atoms with Gasteiger partial charge in [0.1, 0.15) is 12.4 Å². The van der Waals surface area contributed by atoms with Crippen molar-refractivity contribution in [3.63, 3.8) is 0 Å². The molecule has 0 aliphatic heterocycles. The standard InChI is InChI=1S/C17H18O4S/c1-10-7-15(12(3)22-10)17(19)21-9-14-8-13(11(2)18)5-6-16(14)20-4/h5-8H,9H2,1-4H3. The normalized spacial score (nSPS) is 10.4. The van der Waals surface area contributed by atoms with Gasteiger partial charge in [0.25, 0.3) is 0 Å². The van der Waals surface area contributed by atoms with E-state index in [-0.39, 0.29) is 18.4 Å². The maximum atomic E-state index is 12.1. The van der Waals surface area contributed by atoms with Crippen LogP contribution in [0.1, 0.15) is 43.0 Å². The first-order valence-electron chi connectivity index (χ1n) is 6.84. The lowest BCUT2D eigenvalue weighted by atomic mass is 10.1. The molecule has 0 unspecified atom stereocenters. The molecule has 0 spiro atoms. The van der Waals surface area contributed by atoms with Crippen LogP contribution in [-0.4, -0.2) is 18.9 Å². The molecule has 0 aliphatic rings. The average molecular weight is 318 g/mol. The second-order valence-electron chi connectivity index (χ2n) is 4.99. The summed E-state index contributed by atoms with van der Waals surface area (Å²) in [5.74, 6) is 0.188. The van der Waals surface area contributed by atoms with Gasteiger partial charge in [-0.2, -0.15) is 0 Å². The minimum atomic E-state index is -0.364. The SMILES string of the molecule is COc1ccc(C(C)=O)cc1COC(=O)c1cc(C)sc1C. The number of hydrogen-bond acceptors (Lipinski definition) is 5. The van der Waals surface area contributed by atoms with Crippen LogP contribution in [0.4, 0.5) is 0 Å². The van der Waals surface area contributed by atoms with Crippen molar-refractivity contribution in [3.05, 3.63) is 50.7 Å². The molecular formula is C17H18O4S. The summed E-state index contributed by atoms with van der Waals surface area (Å²) in [6, 6.07) is 6.92. The predicted molar refractivity (Wildman–Crippen MR) is 85.9 cm³/mol. The molecule has 4 nitrogen and oxygen atoms in total. The number of Topliss-reactive ketones (excluding diaryl/α,β-unsaturated/α-hetero) is 1. The fourth-order valence-corrected chi connectivity index (χ4v) is 3.08. The third-order valence-electron chi connectivity index (χ3n) is 3.31. The minimum Gasteiger partial charge on any atom is -0.496 e. The topological polar surface area (TPSA) is 52.6 Å². The number of carbonyl (C=O) groups is 2. The highest BCUT2D eigenvalue weighted by molar-refractivity contribution is 7.12. The first kappa shape index (κ1) is 16.2. The summed E-state index contributed by atoms with van der Waals surface area (Å²) in [4.78, 5) is 25.6. The summed E-state index contributed by atoms with van der Waals surface area (Å²) < 4.78 is 10.6. The number of carbonyl (C=O) groups excluding carboxylic acids is 2. The van der Waals surface area contributed by atoms with Crippen LogP contribution >= 0.6 is 11.3 Å². The van der Waals surface area contributed by atoms with E-state index in [9.17, 15) is 9.59 Å². The Balaban J connectivity index is 2.16. The Hall–Kier alpha value is -2.14. The summed E-state index contributed by atoms with van der Waals surface area (Å²) in [6.07, 6.45) is 0. The number of aryl methyl sites for hydroxylation is 2. The molecular weight excluding hydrogens is 300 g/mol. The summed E-state index contributed by atoms with van der Waals surface area (Å²) in [5.41, 5.74) is 1.83. The molecule has 116 valence electrons. The third-order valence-corrected chi connectivity index (χ3v) is 4.27. The lowest BCUT2D eigenvalue weighted by molar-refractivity contribution is 0.0470. The number of hydrogen-bond donors (Lipinski definition) is 0. The van der Waals surface area contributed by atoms with E-state index < -0.39 is 0 Å². The monoisotopic (exact) mass is 318 g/mol. The molecule has 1 aromatic heterocycles. The lowest BCUT2D eigenvalue weighted by Crippen LogP contribution is -2.07. The molecule has 22 heavy (non-hydrogen) atoms. The first-order chi connectivity index (χ1) is 10.4. The van der Waals surface area contributed by atoms with Gasteiger partial charge in [0.15, 0.2) is 5.78 Å². The van der Waals surface area contributed by atoms with E-state index in [0.29, 0.717) is 22.4 Å². The second kappa shape index (κ2) is 6.75. The van der Waals surface area contributed by atoms with Crippen LogP contribution in [0.5, 0.6) is 5.75 Å². The van der Waals surface area contributed by atoms with Crippen molar-refractivity contribution in [2.75, 3.05) is 7.11 Å². The number of benzene rings is 1. The summed E-state index contributed by atoms with van der Waals surface area (Å²) in [5, 5.41) is 0. The summed E-state index contributed by atoms with van der Waals surface area (Å²) in [7, 11) is 1.54. The molecule has 0 saturated heterocycles. The Kier molecular flexibility index (Phi) is 4.98. The van der Waals surface area contributed by atoms with Gasteiger partial charge in [0.2, 0.25) is 0 Å². The number of methoxy groups -OCH3 is 1. The fourth-order valence-electron chi connectivity index (χ4n) is 2.16. The van der Waals surface area contributed by atoms with Gasteiger partial charge in [-0.25, -0.2) is 4.79 Å². The maximum Gasteiger partial charge on any atom is 0.339 e. The van der Waals surface area contributed by atoms with Crippen LogP contribution in [0, 0.1) is 13.8 Å². The molecule has 1 aromatic carbocycles. The van der Waals surface area contributed by atoms with Gasteiger partial charge in [-0.05, 0) is 45.0 Å². The van der Waals surface area contributed by atoms with Crippen LogP contribution < -0.4 is 4.74 Å². The second-order valence-corrected chi connectivity index (χ2v) is 6.45. The van der Waals surface area contributed by atoms with E-state index in [1.165, 1.54) is 6.92 Å². The van der Waals surface area contributed by atoms with Crippen LogP contribution in [0.15, 0.2) is 24.3 Å². The molecule has 0 N–H and O–H groups in total. The van der Waals surface area contributed by atoms with Crippen molar-refractivity contribution in [3.8, 4) is 5.75 Å². The third kappa shape index (κ3) is 3.54. The molecule has 2 aromatic rings. The zero-order valence-electron chi connectivity index (χ0n) is 13.1. The smallest absolute Gasteiger partial charge is 0.339 e. The molecule has 5 heteroatoms. The van der Waals surface area contributed by atoms with Crippen LogP contribution in [0.3, 0.4) is 0 Å². The highest BCUT2D eigenvalue weighted by atomic mass is 32.1. The van der Waals surface area contributed by atoms with Crippen molar-refractivity contribution in [2.24, 2.45) is 0 Å². The van der Waals surface area contributed by atoms with E-state index in [0.717, 1.165) is 9.75 Å². The quantitative estimate of drug-likeness (QED) is 0.619. The van der Waals surface area contributed by atoms with Gasteiger partial charge in [0, 0.05) is 20.9 Å². The molecule has 0 amide bonds. The number of ether oxygens (including phenoxy) is 2. The van der Waals surface area contributed by atoms with Crippen molar-refractivity contribution in [1.29, 1.82) is 0 Å². The molecule has 0 aliphatic carbocycles. The van der Waals surface area contributed by atoms with E-state index in [4.69, 9.17) is 9.47 Å². The molecule has 1 heterocycles. The number of ketones is 1. The molecule has 0 fully saturated rings. The number of rotatable bonds is 5. The molecule has 0 atom stereocenters. The molecule has 0 saturated carbocycles. The van der Waals surface area contributed by atoms with Crippen molar-refractivity contribution in [1.82, 2.24) is 0 Å².